The van der Waals surface area contributed by atoms with Gasteiger partial charge in [0.25, 0.3) is 0 Å². The van der Waals surface area contributed by atoms with Crippen LogP contribution in [-0.4, -0.2) is 23.7 Å². The first-order valence-electron chi connectivity index (χ1n) is 6.17. The normalized spacial score (nSPS) is 10.1. The summed E-state index contributed by atoms with van der Waals surface area (Å²) in [7, 11) is 0. The Kier molecular flexibility index (Phi) is 5.35. The number of hydrogen-bond donors (Lipinski definition) is 3. The molecule has 21 heavy (non-hydrogen) atoms. The number of amides is 2. The van der Waals surface area contributed by atoms with Gasteiger partial charge in [-0.15, -0.1) is 11.3 Å². The number of halogens is 1. The molecule has 0 saturated carbocycles. The minimum Gasteiger partial charge on any atom is -0.478 e. The molecule has 5 nitrogen and oxygen atoms in total. The molecule has 7 heteroatoms. The molecule has 0 atom stereocenters. The van der Waals surface area contributed by atoms with E-state index in [2.05, 4.69) is 26.6 Å². The predicted octanol–water partition coefficient (Wildman–Crippen LogP) is 3.57. The van der Waals surface area contributed by atoms with Gasteiger partial charge in [-0.05, 0) is 45.9 Å². The van der Waals surface area contributed by atoms with Crippen LogP contribution in [0.15, 0.2) is 40.2 Å². The quantitative estimate of drug-likeness (QED) is 0.754. The lowest BCUT2D eigenvalue weighted by Gasteiger charge is -2.11. The van der Waals surface area contributed by atoms with Gasteiger partial charge in [0.1, 0.15) is 0 Å². The number of benzene rings is 1. The van der Waals surface area contributed by atoms with E-state index in [0.29, 0.717) is 11.0 Å². The van der Waals surface area contributed by atoms with Crippen LogP contribution < -0.4 is 10.6 Å². The number of carboxylic acids is 1. The van der Waals surface area contributed by atoms with E-state index in [-0.39, 0.29) is 11.3 Å². The van der Waals surface area contributed by atoms with Crippen molar-refractivity contribution in [2.75, 3.05) is 11.9 Å². The van der Waals surface area contributed by atoms with E-state index in [9.17, 15) is 9.59 Å². The highest BCUT2D eigenvalue weighted by atomic mass is 79.9. The fraction of sp³-hybridized carbons (Fsp3) is 0.143. The molecule has 1 heterocycles. The van der Waals surface area contributed by atoms with Gasteiger partial charge in [0, 0.05) is 15.9 Å². The van der Waals surface area contributed by atoms with Crippen LogP contribution in [0.25, 0.3) is 0 Å². The summed E-state index contributed by atoms with van der Waals surface area (Å²) in [5, 5.41) is 16.4. The van der Waals surface area contributed by atoms with Crippen LogP contribution in [0.3, 0.4) is 0 Å². The van der Waals surface area contributed by atoms with Gasteiger partial charge in [0.05, 0.1) is 11.3 Å². The Morgan fingerprint density at radius 3 is 2.71 bits per heavy atom. The lowest BCUT2D eigenvalue weighted by atomic mass is 10.2. The third-order valence-electron chi connectivity index (χ3n) is 2.72. The van der Waals surface area contributed by atoms with E-state index in [4.69, 9.17) is 5.11 Å². The molecular weight excluding hydrogens is 356 g/mol. The Morgan fingerprint density at radius 2 is 2.05 bits per heavy atom. The molecule has 2 rings (SSSR count). The van der Waals surface area contributed by atoms with Crippen molar-refractivity contribution in [3.05, 3.63) is 50.6 Å². The van der Waals surface area contributed by atoms with Gasteiger partial charge < -0.3 is 15.7 Å². The second kappa shape index (κ2) is 7.24. The topological polar surface area (TPSA) is 78.4 Å². The van der Waals surface area contributed by atoms with Crippen molar-refractivity contribution in [1.29, 1.82) is 0 Å². The van der Waals surface area contributed by atoms with E-state index in [1.165, 1.54) is 10.9 Å². The number of para-hydroxylation sites is 1. The number of urea groups is 1. The summed E-state index contributed by atoms with van der Waals surface area (Å²) >= 11 is 4.87. The average molecular weight is 369 g/mol. The number of hydrogen-bond acceptors (Lipinski definition) is 3. The SMILES string of the molecule is O=C(NCCc1cccs1)Nc1c(Br)cccc1C(=O)O. The van der Waals surface area contributed by atoms with E-state index >= 15 is 0 Å². The first-order valence-corrected chi connectivity index (χ1v) is 7.84. The molecule has 0 bridgehead atoms. The molecule has 0 unspecified atom stereocenters. The van der Waals surface area contributed by atoms with Crippen molar-refractivity contribution < 1.29 is 14.7 Å². The lowest BCUT2D eigenvalue weighted by molar-refractivity contribution is 0.0698. The Balaban J connectivity index is 1.95. The number of carboxylic acid groups (broad SMARTS) is 1. The molecule has 0 saturated heterocycles. The number of carbonyl (C=O) groups excluding carboxylic acids is 1. The number of nitrogens with one attached hydrogen (secondary N) is 2. The number of aromatic carboxylic acids is 1. The zero-order valence-corrected chi connectivity index (χ0v) is 13.3. The summed E-state index contributed by atoms with van der Waals surface area (Å²) in [5.41, 5.74) is 0.288. The van der Waals surface area contributed by atoms with Crippen LogP contribution in [0.2, 0.25) is 0 Å². The molecule has 0 fully saturated rings. The standard InChI is InChI=1S/C14H13BrN2O3S/c15-11-5-1-4-10(13(18)19)12(11)17-14(20)16-7-6-9-3-2-8-21-9/h1-5,8H,6-7H2,(H,18,19)(H2,16,17,20). The average Bonchev–Trinajstić information content (AvgIpc) is 2.94. The smallest absolute Gasteiger partial charge is 0.337 e. The first kappa shape index (κ1) is 15.5. The summed E-state index contributed by atoms with van der Waals surface area (Å²) in [4.78, 5) is 24.2. The van der Waals surface area contributed by atoms with E-state index in [1.54, 1.807) is 23.5 Å². The maximum absolute atomic E-state index is 11.8. The molecule has 0 spiro atoms. The molecule has 110 valence electrons. The molecule has 3 N–H and O–H groups in total. The van der Waals surface area contributed by atoms with E-state index < -0.39 is 12.0 Å². The van der Waals surface area contributed by atoms with Crippen LogP contribution in [-0.2, 0) is 6.42 Å². The van der Waals surface area contributed by atoms with Gasteiger partial charge in [0.2, 0.25) is 0 Å². The Hall–Kier alpha value is -1.86. The molecule has 1 aromatic carbocycles. The van der Waals surface area contributed by atoms with Crippen molar-refractivity contribution in [3.8, 4) is 0 Å². The first-order chi connectivity index (χ1) is 10.1. The van der Waals surface area contributed by atoms with Crippen molar-refractivity contribution in [1.82, 2.24) is 5.32 Å². The largest absolute Gasteiger partial charge is 0.478 e. The van der Waals surface area contributed by atoms with Crippen LogP contribution in [0.4, 0.5) is 10.5 Å². The van der Waals surface area contributed by atoms with Gasteiger partial charge in [0.15, 0.2) is 0 Å². The molecular formula is C14H13BrN2O3S. The van der Waals surface area contributed by atoms with E-state index in [1.807, 2.05) is 17.5 Å². The second-order valence-corrected chi connectivity index (χ2v) is 6.06. The summed E-state index contributed by atoms with van der Waals surface area (Å²) in [6.07, 6.45) is 0.743. The fourth-order valence-electron chi connectivity index (χ4n) is 1.74. The summed E-state index contributed by atoms with van der Waals surface area (Å²) < 4.78 is 0.524. The summed E-state index contributed by atoms with van der Waals surface area (Å²) in [6, 6.07) is 8.25. The van der Waals surface area contributed by atoms with Crippen LogP contribution in [0, 0.1) is 0 Å². The maximum Gasteiger partial charge on any atom is 0.337 e. The number of thiophene rings is 1. The summed E-state index contributed by atoms with van der Waals surface area (Å²) in [6.45, 7) is 0.485. The number of rotatable bonds is 5. The Morgan fingerprint density at radius 1 is 1.24 bits per heavy atom. The van der Waals surface area contributed by atoms with Crippen LogP contribution >= 0.6 is 27.3 Å². The maximum atomic E-state index is 11.8. The van der Waals surface area contributed by atoms with E-state index in [0.717, 1.165) is 6.42 Å². The third-order valence-corrected chi connectivity index (χ3v) is 4.32. The zero-order valence-electron chi connectivity index (χ0n) is 10.9. The molecule has 2 aromatic rings. The van der Waals surface area contributed by atoms with Crippen molar-refractivity contribution in [2.24, 2.45) is 0 Å². The lowest BCUT2D eigenvalue weighted by Crippen LogP contribution is -2.31. The Labute approximate surface area is 134 Å². The van der Waals surface area contributed by atoms with Gasteiger partial charge >= 0.3 is 12.0 Å². The zero-order chi connectivity index (χ0) is 15.2. The van der Waals surface area contributed by atoms with Crippen molar-refractivity contribution in [3.63, 3.8) is 0 Å². The monoisotopic (exact) mass is 368 g/mol. The van der Waals surface area contributed by atoms with Gasteiger partial charge in [-0.3, -0.25) is 0 Å². The fourth-order valence-corrected chi connectivity index (χ4v) is 2.92. The predicted molar refractivity (Wildman–Crippen MR) is 86.1 cm³/mol. The Bertz CT molecular complexity index is 644. The number of carbonyl (C=O) groups is 2. The highest BCUT2D eigenvalue weighted by Crippen LogP contribution is 2.26. The molecule has 0 radical (unpaired) electrons. The van der Waals surface area contributed by atoms with Crippen molar-refractivity contribution in [2.45, 2.75) is 6.42 Å². The molecule has 2 amide bonds. The third kappa shape index (κ3) is 4.30. The molecule has 0 aliphatic carbocycles. The second-order valence-electron chi connectivity index (χ2n) is 4.18. The van der Waals surface area contributed by atoms with Gasteiger partial charge in [-0.2, -0.15) is 0 Å². The minimum absolute atomic E-state index is 0.0396. The molecule has 0 aliphatic heterocycles. The van der Waals surface area contributed by atoms with Crippen LogP contribution in [0.1, 0.15) is 15.2 Å². The summed E-state index contributed by atoms with van der Waals surface area (Å²) in [5.74, 6) is -1.09. The highest BCUT2D eigenvalue weighted by Gasteiger charge is 2.14. The van der Waals surface area contributed by atoms with Crippen LogP contribution in [0.5, 0.6) is 0 Å². The van der Waals surface area contributed by atoms with Gasteiger partial charge in [-0.25, -0.2) is 9.59 Å². The van der Waals surface area contributed by atoms with Gasteiger partial charge in [-0.1, -0.05) is 12.1 Å². The number of anilines is 1. The molecule has 0 aliphatic rings. The van der Waals surface area contributed by atoms with Crippen molar-refractivity contribution >= 4 is 45.0 Å². The highest BCUT2D eigenvalue weighted by molar-refractivity contribution is 9.10. The minimum atomic E-state index is -1.09. The molecule has 1 aromatic heterocycles.